The zero-order valence-corrected chi connectivity index (χ0v) is 20.8. The van der Waals surface area contributed by atoms with Crippen molar-refractivity contribution in [1.29, 1.82) is 0 Å². The Balaban J connectivity index is 2.19. The van der Waals surface area contributed by atoms with E-state index in [4.69, 9.17) is 4.74 Å². The van der Waals surface area contributed by atoms with Crippen molar-refractivity contribution in [2.24, 2.45) is 0 Å². The van der Waals surface area contributed by atoms with Gasteiger partial charge in [-0.05, 0) is 78.4 Å². The van der Waals surface area contributed by atoms with E-state index in [0.717, 1.165) is 15.6 Å². The van der Waals surface area contributed by atoms with Gasteiger partial charge in [-0.1, -0.05) is 44.2 Å². The Morgan fingerprint density at radius 2 is 1.74 bits per heavy atom. The summed E-state index contributed by atoms with van der Waals surface area (Å²) in [5, 5.41) is 2.90. The van der Waals surface area contributed by atoms with Crippen molar-refractivity contribution >= 4 is 27.7 Å². The van der Waals surface area contributed by atoms with Crippen LogP contribution < -0.4 is 10.1 Å². The molecule has 0 aliphatic rings. The van der Waals surface area contributed by atoms with Gasteiger partial charge in [-0.2, -0.15) is 0 Å². The number of halogens is 1. The first-order valence-electron chi connectivity index (χ1n) is 10.7. The zero-order valence-electron chi connectivity index (χ0n) is 19.2. The van der Waals surface area contributed by atoms with E-state index >= 15 is 0 Å². The molecule has 0 saturated heterocycles. The second kappa shape index (κ2) is 11.3. The summed E-state index contributed by atoms with van der Waals surface area (Å²) in [6.45, 7) is 12.0. The van der Waals surface area contributed by atoms with E-state index in [1.165, 1.54) is 5.56 Å². The monoisotopic (exact) mass is 488 g/mol. The van der Waals surface area contributed by atoms with Crippen LogP contribution in [0.15, 0.2) is 46.9 Å². The lowest BCUT2D eigenvalue weighted by atomic mass is 10.0. The normalized spacial score (nSPS) is 12.0. The predicted molar refractivity (Wildman–Crippen MR) is 128 cm³/mol. The Morgan fingerprint density at radius 3 is 2.32 bits per heavy atom. The topological polar surface area (TPSA) is 58.6 Å². The quantitative estimate of drug-likeness (QED) is 0.527. The molecule has 31 heavy (non-hydrogen) atoms. The summed E-state index contributed by atoms with van der Waals surface area (Å²) in [4.78, 5) is 27.4. The molecule has 0 aliphatic carbocycles. The van der Waals surface area contributed by atoms with E-state index in [2.05, 4.69) is 35.1 Å². The van der Waals surface area contributed by atoms with E-state index in [1.54, 1.807) is 11.8 Å². The third kappa shape index (κ3) is 7.10. The number of carbonyl (C=O) groups excluding carboxylic acids is 2. The second-order valence-electron chi connectivity index (χ2n) is 8.42. The summed E-state index contributed by atoms with van der Waals surface area (Å²) in [6.07, 6.45) is 0. The number of aryl methyl sites for hydroxylation is 1. The fourth-order valence-electron chi connectivity index (χ4n) is 3.17. The molecule has 2 rings (SSSR count). The average molecular weight is 489 g/mol. The minimum absolute atomic E-state index is 0.00274. The lowest BCUT2D eigenvalue weighted by Gasteiger charge is -2.30. The molecule has 1 atom stereocenters. The molecule has 168 valence electrons. The van der Waals surface area contributed by atoms with Crippen molar-refractivity contribution in [2.75, 3.05) is 6.61 Å². The fraction of sp³-hybridized carbons (Fsp3) is 0.440. The summed E-state index contributed by atoms with van der Waals surface area (Å²) < 4.78 is 6.63. The number of nitrogens with one attached hydrogen (secondary N) is 1. The second-order valence-corrected chi connectivity index (χ2v) is 9.27. The Labute approximate surface area is 194 Å². The van der Waals surface area contributed by atoms with Crippen LogP contribution in [-0.4, -0.2) is 35.4 Å². The van der Waals surface area contributed by atoms with Crippen LogP contribution in [0.3, 0.4) is 0 Å². The molecule has 0 bridgehead atoms. The van der Waals surface area contributed by atoms with Gasteiger partial charge >= 0.3 is 0 Å². The van der Waals surface area contributed by atoms with Gasteiger partial charge in [-0.3, -0.25) is 9.59 Å². The van der Waals surface area contributed by atoms with E-state index < -0.39 is 6.04 Å². The number of ether oxygens (including phenoxy) is 1. The highest BCUT2D eigenvalue weighted by molar-refractivity contribution is 9.10. The number of nitrogens with zero attached hydrogens (tertiary/aromatic N) is 1. The van der Waals surface area contributed by atoms with E-state index in [9.17, 15) is 9.59 Å². The van der Waals surface area contributed by atoms with Crippen LogP contribution in [0.2, 0.25) is 0 Å². The molecule has 0 aliphatic heterocycles. The lowest BCUT2D eigenvalue weighted by Crippen LogP contribution is -2.50. The number of amides is 2. The smallest absolute Gasteiger partial charge is 0.261 e. The summed E-state index contributed by atoms with van der Waals surface area (Å²) in [6, 6.07) is 13.1. The van der Waals surface area contributed by atoms with Gasteiger partial charge in [0.1, 0.15) is 11.8 Å². The number of carbonyl (C=O) groups is 2. The van der Waals surface area contributed by atoms with Crippen molar-refractivity contribution in [2.45, 2.75) is 66.1 Å². The van der Waals surface area contributed by atoms with Gasteiger partial charge in [0, 0.05) is 12.6 Å². The molecule has 0 heterocycles. The Hall–Kier alpha value is -2.34. The van der Waals surface area contributed by atoms with Crippen LogP contribution in [0.5, 0.6) is 5.75 Å². The van der Waals surface area contributed by atoms with Crippen molar-refractivity contribution in [3.63, 3.8) is 0 Å². The van der Waals surface area contributed by atoms with Crippen LogP contribution in [-0.2, 0) is 16.1 Å². The molecule has 5 nitrogen and oxygen atoms in total. The first-order chi connectivity index (χ1) is 14.6. The van der Waals surface area contributed by atoms with Crippen LogP contribution in [0.4, 0.5) is 0 Å². The number of hydrogen-bond acceptors (Lipinski definition) is 3. The summed E-state index contributed by atoms with van der Waals surface area (Å²) in [7, 11) is 0. The molecule has 6 heteroatoms. The molecule has 1 N–H and O–H groups in total. The molecule has 2 amide bonds. The van der Waals surface area contributed by atoms with Crippen LogP contribution in [0.25, 0.3) is 0 Å². The van der Waals surface area contributed by atoms with E-state index in [1.807, 2.05) is 63.2 Å². The summed E-state index contributed by atoms with van der Waals surface area (Å²) in [5.74, 6) is 0.582. The van der Waals surface area contributed by atoms with Crippen LogP contribution >= 0.6 is 15.9 Å². The Bertz CT molecular complexity index is 911. The maximum atomic E-state index is 13.2. The van der Waals surface area contributed by atoms with Gasteiger partial charge < -0.3 is 15.0 Å². The van der Waals surface area contributed by atoms with Crippen LogP contribution in [0, 0.1) is 6.92 Å². The summed E-state index contributed by atoms with van der Waals surface area (Å²) in [5.41, 5.74) is 3.26. The Morgan fingerprint density at radius 1 is 1.06 bits per heavy atom. The Kier molecular flexibility index (Phi) is 9.11. The van der Waals surface area contributed by atoms with Crippen molar-refractivity contribution in [3.05, 3.63) is 63.6 Å². The maximum absolute atomic E-state index is 13.2. The van der Waals surface area contributed by atoms with Gasteiger partial charge in [0.25, 0.3) is 5.91 Å². The molecule has 0 unspecified atom stereocenters. The first kappa shape index (κ1) is 24.9. The van der Waals surface area contributed by atoms with Crippen molar-refractivity contribution in [1.82, 2.24) is 10.2 Å². The molecule has 0 radical (unpaired) electrons. The zero-order chi connectivity index (χ0) is 23.1. The molecular formula is C25H33BrN2O3. The highest BCUT2D eigenvalue weighted by atomic mass is 79.9. The number of rotatable bonds is 9. The SMILES string of the molecule is Cc1ccccc1CN(C(=O)COc1ccc(C(C)C)cc1Br)[C@@H](C)C(=O)NC(C)C. The van der Waals surface area contributed by atoms with E-state index in [-0.39, 0.29) is 24.5 Å². The molecular weight excluding hydrogens is 456 g/mol. The van der Waals surface area contributed by atoms with Crippen molar-refractivity contribution in [3.8, 4) is 5.75 Å². The number of benzene rings is 2. The fourth-order valence-corrected chi connectivity index (χ4v) is 3.69. The van der Waals surface area contributed by atoms with Gasteiger partial charge in [0.15, 0.2) is 6.61 Å². The van der Waals surface area contributed by atoms with E-state index in [0.29, 0.717) is 18.2 Å². The van der Waals surface area contributed by atoms with Gasteiger partial charge in [-0.15, -0.1) is 0 Å². The van der Waals surface area contributed by atoms with Gasteiger partial charge in [-0.25, -0.2) is 0 Å². The molecule has 0 aromatic heterocycles. The highest BCUT2D eigenvalue weighted by Crippen LogP contribution is 2.29. The molecule has 2 aromatic rings. The minimum Gasteiger partial charge on any atom is -0.483 e. The number of hydrogen-bond donors (Lipinski definition) is 1. The van der Waals surface area contributed by atoms with Gasteiger partial charge in [0.2, 0.25) is 5.91 Å². The first-order valence-corrected chi connectivity index (χ1v) is 11.5. The minimum atomic E-state index is -0.620. The van der Waals surface area contributed by atoms with Gasteiger partial charge in [0.05, 0.1) is 4.47 Å². The highest BCUT2D eigenvalue weighted by Gasteiger charge is 2.27. The third-order valence-corrected chi connectivity index (χ3v) is 5.79. The largest absolute Gasteiger partial charge is 0.483 e. The molecule has 0 fully saturated rings. The average Bonchev–Trinajstić information content (AvgIpc) is 2.70. The molecule has 2 aromatic carbocycles. The van der Waals surface area contributed by atoms with Crippen LogP contribution in [0.1, 0.15) is 57.2 Å². The molecule has 0 spiro atoms. The third-order valence-electron chi connectivity index (χ3n) is 5.17. The molecule has 0 saturated carbocycles. The standard InChI is InChI=1S/C25H33BrN2O3/c1-16(2)20-11-12-23(22(26)13-20)31-15-24(29)28(19(6)25(30)27-17(3)4)14-21-10-8-7-9-18(21)5/h7-13,16-17,19H,14-15H2,1-6H3,(H,27,30)/t19-/m0/s1. The predicted octanol–water partition coefficient (Wildman–Crippen LogP) is 5.20. The summed E-state index contributed by atoms with van der Waals surface area (Å²) >= 11 is 3.53. The lowest BCUT2D eigenvalue weighted by molar-refractivity contribution is -0.142. The van der Waals surface area contributed by atoms with Crippen molar-refractivity contribution < 1.29 is 14.3 Å². The maximum Gasteiger partial charge on any atom is 0.261 e.